The highest BCUT2D eigenvalue weighted by atomic mass is 32.2. The summed E-state index contributed by atoms with van der Waals surface area (Å²) in [5.74, 6) is 0.0203. The number of hydrogen-bond acceptors (Lipinski definition) is 4. The largest absolute Gasteiger partial charge is 0.354 e. The minimum atomic E-state index is -3.22. The summed E-state index contributed by atoms with van der Waals surface area (Å²) >= 11 is 0. The third-order valence-corrected chi connectivity index (χ3v) is 5.16. The van der Waals surface area contributed by atoms with Gasteiger partial charge in [0.2, 0.25) is 15.9 Å². The molecule has 0 aliphatic heterocycles. The second kappa shape index (κ2) is 6.90. The van der Waals surface area contributed by atoms with Gasteiger partial charge >= 0.3 is 0 Å². The van der Waals surface area contributed by atoms with Crippen molar-refractivity contribution in [1.82, 2.24) is 19.8 Å². The highest BCUT2D eigenvalue weighted by molar-refractivity contribution is 7.88. The molecule has 1 aromatic carbocycles. The Balaban J connectivity index is 1.55. The van der Waals surface area contributed by atoms with Gasteiger partial charge in [-0.3, -0.25) is 9.48 Å². The molecular formula is C16H22N4O3S. The third kappa shape index (κ3) is 4.12. The van der Waals surface area contributed by atoms with Crippen LogP contribution < -0.4 is 10.0 Å². The number of nitrogens with zero attached hydrogens (tertiary/aromatic N) is 2. The number of fused-ring (bicyclic) bond motifs is 1. The first-order valence-electron chi connectivity index (χ1n) is 8.07. The molecule has 130 valence electrons. The summed E-state index contributed by atoms with van der Waals surface area (Å²) in [7, 11) is -3.22. The van der Waals surface area contributed by atoms with Crippen molar-refractivity contribution in [3.8, 4) is 0 Å². The van der Waals surface area contributed by atoms with Crippen LogP contribution in [-0.4, -0.2) is 42.9 Å². The SMILES string of the molecule is CS(=O)(=O)N[C@@H]1CCC[C@H]1CNC(=O)Cn1ncc2ccccc21. The Bertz CT molecular complexity index is 831. The zero-order valence-corrected chi connectivity index (χ0v) is 14.4. The lowest BCUT2D eigenvalue weighted by Gasteiger charge is -2.20. The van der Waals surface area contributed by atoms with Gasteiger partial charge in [0.05, 0.1) is 18.0 Å². The van der Waals surface area contributed by atoms with Gasteiger partial charge < -0.3 is 5.32 Å². The number of hydrogen-bond donors (Lipinski definition) is 2. The standard InChI is InChI=1S/C16H22N4O3S/c1-24(22,23)19-14-7-4-6-12(14)9-17-16(21)11-20-15-8-3-2-5-13(15)10-18-20/h2-3,5,8,10,12,14,19H,4,6-7,9,11H2,1H3,(H,17,21)/t12-,14+/m0/s1. The fourth-order valence-electron chi connectivity index (χ4n) is 3.30. The van der Waals surface area contributed by atoms with E-state index in [9.17, 15) is 13.2 Å². The van der Waals surface area contributed by atoms with Crippen LogP contribution in [0.25, 0.3) is 10.9 Å². The monoisotopic (exact) mass is 350 g/mol. The third-order valence-electron chi connectivity index (χ3n) is 4.43. The van der Waals surface area contributed by atoms with Crippen LogP contribution in [0, 0.1) is 5.92 Å². The molecule has 1 aliphatic rings. The van der Waals surface area contributed by atoms with E-state index in [1.54, 1.807) is 10.9 Å². The van der Waals surface area contributed by atoms with Gasteiger partial charge in [0, 0.05) is 18.0 Å². The average molecular weight is 350 g/mol. The molecule has 1 amide bonds. The van der Waals surface area contributed by atoms with Crippen LogP contribution in [0.2, 0.25) is 0 Å². The fourth-order valence-corrected chi connectivity index (χ4v) is 4.16. The Labute approximate surface area is 141 Å². The van der Waals surface area contributed by atoms with Crippen LogP contribution in [0.15, 0.2) is 30.5 Å². The highest BCUT2D eigenvalue weighted by Gasteiger charge is 2.29. The van der Waals surface area contributed by atoms with E-state index in [2.05, 4.69) is 15.1 Å². The van der Waals surface area contributed by atoms with E-state index < -0.39 is 10.0 Å². The number of nitrogens with one attached hydrogen (secondary N) is 2. The Hall–Kier alpha value is -1.93. The first kappa shape index (κ1) is 16.9. The molecule has 1 fully saturated rings. The zero-order valence-electron chi connectivity index (χ0n) is 13.6. The van der Waals surface area contributed by atoms with E-state index in [1.165, 1.54) is 6.26 Å². The summed E-state index contributed by atoms with van der Waals surface area (Å²) in [6, 6.07) is 7.64. The quantitative estimate of drug-likeness (QED) is 0.808. The Morgan fingerprint density at radius 1 is 1.33 bits per heavy atom. The second-order valence-corrected chi connectivity index (χ2v) is 8.13. The van der Waals surface area contributed by atoms with Gasteiger partial charge in [-0.05, 0) is 24.8 Å². The van der Waals surface area contributed by atoms with Crippen LogP contribution in [0.4, 0.5) is 0 Å². The van der Waals surface area contributed by atoms with Crippen LogP contribution in [0.1, 0.15) is 19.3 Å². The molecule has 1 saturated carbocycles. The Kier molecular flexibility index (Phi) is 4.86. The number of carbonyl (C=O) groups is 1. The maximum Gasteiger partial charge on any atom is 0.241 e. The normalized spacial score (nSPS) is 21.2. The van der Waals surface area contributed by atoms with Crippen LogP contribution in [0.5, 0.6) is 0 Å². The molecule has 7 nitrogen and oxygen atoms in total. The van der Waals surface area contributed by atoms with E-state index >= 15 is 0 Å². The number of carbonyl (C=O) groups excluding carboxylic acids is 1. The van der Waals surface area contributed by atoms with E-state index in [0.29, 0.717) is 6.54 Å². The molecule has 0 unspecified atom stereocenters. The van der Waals surface area contributed by atoms with Crippen LogP contribution in [0.3, 0.4) is 0 Å². The summed E-state index contributed by atoms with van der Waals surface area (Å²) < 4.78 is 27.1. The summed E-state index contributed by atoms with van der Waals surface area (Å²) in [4.78, 5) is 12.2. The van der Waals surface area contributed by atoms with Gasteiger partial charge in [0.25, 0.3) is 0 Å². The maximum absolute atomic E-state index is 12.2. The van der Waals surface area contributed by atoms with Gasteiger partial charge in [-0.1, -0.05) is 24.6 Å². The molecular weight excluding hydrogens is 328 g/mol. The molecule has 0 spiro atoms. The first-order valence-corrected chi connectivity index (χ1v) is 9.96. The molecule has 1 heterocycles. The van der Waals surface area contributed by atoms with Crippen molar-refractivity contribution >= 4 is 26.8 Å². The van der Waals surface area contributed by atoms with E-state index in [1.807, 2.05) is 24.3 Å². The van der Waals surface area contributed by atoms with Crippen molar-refractivity contribution in [2.75, 3.05) is 12.8 Å². The predicted octanol–water partition coefficient (Wildman–Crippen LogP) is 0.870. The van der Waals surface area contributed by atoms with Crippen LogP contribution in [-0.2, 0) is 21.4 Å². The van der Waals surface area contributed by atoms with Gasteiger partial charge in [0.15, 0.2) is 0 Å². The summed E-state index contributed by atoms with van der Waals surface area (Å²) in [6.45, 7) is 0.635. The molecule has 0 bridgehead atoms. The minimum Gasteiger partial charge on any atom is -0.354 e. The Morgan fingerprint density at radius 2 is 2.12 bits per heavy atom. The van der Waals surface area contributed by atoms with Gasteiger partial charge in [-0.2, -0.15) is 5.10 Å². The molecule has 24 heavy (non-hydrogen) atoms. The second-order valence-electron chi connectivity index (χ2n) is 6.35. The van der Waals surface area contributed by atoms with Crippen molar-refractivity contribution < 1.29 is 13.2 Å². The van der Waals surface area contributed by atoms with Crippen molar-refractivity contribution in [3.05, 3.63) is 30.5 Å². The van der Waals surface area contributed by atoms with Gasteiger partial charge in [-0.25, -0.2) is 13.1 Å². The molecule has 0 saturated heterocycles. The zero-order chi connectivity index (χ0) is 17.2. The van der Waals surface area contributed by atoms with Crippen molar-refractivity contribution in [2.45, 2.75) is 31.8 Å². The van der Waals surface area contributed by atoms with Crippen molar-refractivity contribution in [1.29, 1.82) is 0 Å². The number of amides is 1. The lowest BCUT2D eigenvalue weighted by Crippen LogP contribution is -2.42. The average Bonchev–Trinajstić information content (AvgIpc) is 3.11. The smallest absolute Gasteiger partial charge is 0.241 e. The lowest BCUT2D eigenvalue weighted by molar-refractivity contribution is -0.121. The topological polar surface area (TPSA) is 93.1 Å². The molecule has 1 aromatic heterocycles. The summed E-state index contributed by atoms with van der Waals surface area (Å²) in [5.41, 5.74) is 0.921. The minimum absolute atomic E-state index is 0.0918. The van der Waals surface area contributed by atoms with Gasteiger partial charge in [0.1, 0.15) is 6.54 Å². The molecule has 0 radical (unpaired) electrons. The maximum atomic E-state index is 12.2. The fraction of sp³-hybridized carbons (Fsp3) is 0.500. The first-order chi connectivity index (χ1) is 11.4. The highest BCUT2D eigenvalue weighted by Crippen LogP contribution is 2.25. The number of para-hydroxylation sites is 1. The Morgan fingerprint density at radius 3 is 2.92 bits per heavy atom. The number of benzene rings is 1. The van der Waals surface area contributed by atoms with Crippen LogP contribution >= 0.6 is 0 Å². The van der Waals surface area contributed by atoms with Gasteiger partial charge in [-0.15, -0.1) is 0 Å². The molecule has 3 rings (SSSR count). The van der Waals surface area contributed by atoms with Crippen molar-refractivity contribution in [2.24, 2.45) is 5.92 Å². The molecule has 2 atom stereocenters. The van der Waals surface area contributed by atoms with E-state index in [-0.39, 0.29) is 24.4 Å². The van der Waals surface area contributed by atoms with Crippen molar-refractivity contribution in [3.63, 3.8) is 0 Å². The number of aromatic nitrogens is 2. The predicted molar refractivity (Wildman–Crippen MR) is 91.9 cm³/mol. The number of sulfonamides is 1. The molecule has 2 N–H and O–H groups in total. The molecule has 8 heteroatoms. The van der Waals surface area contributed by atoms with E-state index in [0.717, 1.165) is 30.2 Å². The summed E-state index contributed by atoms with van der Waals surface area (Å²) in [5, 5.41) is 8.15. The summed E-state index contributed by atoms with van der Waals surface area (Å²) in [6.07, 6.45) is 5.61. The molecule has 2 aromatic rings. The van der Waals surface area contributed by atoms with E-state index in [4.69, 9.17) is 0 Å². The molecule has 1 aliphatic carbocycles. The number of rotatable bonds is 6. The lowest BCUT2D eigenvalue weighted by atomic mass is 10.0.